The third-order valence-electron chi connectivity index (χ3n) is 5.25. The molecule has 1 aromatic rings. The molecule has 1 unspecified atom stereocenters. The molecule has 0 radical (unpaired) electrons. The molecule has 0 aliphatic heterocycles. The van der Waals surface area contributed by atoms with Crippen LogP contribution in [-0.4, -0.2) is 24.5 Å². The zero-order valence-electron chi connectivity index (χ0n) is 14.0. The maximum absolute atomic E-state index is 12.9. The Labute approximate surface area is 147 Å². The van der Waals surface area contributed by atoms with Crippen molar-refractivity contribution in [1.29, 1.82) is 0 Å². The first-order valence-electron chi connectivity index (χ1n) is 8.80. The fraction of sp³-hybridized carbons (Fsp3) is 0.579. The molecule has 0 spiro atoms. The molecule has 0 aromatic heterocycles. The van der Waals surface area contributed by atoms with E-state index in [9.17, 15) is 9.59 Å². The summed E-state index contributed by atoms with van der Waals surface area (Å²) in [4.78, 5) is 25.1. The van der Waals surface area contributed by atoms with E-state index in [-0.39, 0.29) is 23.8 Å². The molecule has 2 aliphatic rings. The van der Waals surface area contributed by atoms with Crippen LogP contribution in [0.15, 0.2) is 24.3 Å². The second-order valence-electron chi connectivity index (χ2n) is 6.81. The molecular formula is C19H24ClNO3. The second-order valence-corrected chi connectivity index (χ2v) is 7.25. The van der Waals surface area contributed by atoms with Crippen molar-refractivity contribution in [3.63, 3.8) is 0 Å². The van der Waals surface area contributed by atoms with Crippen molar-refractivity contribution < 1.29 is 14.3 Å². The summed E-state index contributed by atoms with van der Waals surface area (Å²) in [6.45, 7) is 2.19. The van der Waals surface area contributed by atoms with E-state index in [0.29, 0.717) is 11.6 Å². The van der Waals surface area contributed by atoms with E-state index in [0.717, 1.165) is 44.1 Å². The van der Waals surface area contributed by atoms with Crippen molar-refractivity contribution in [2.45, 2.75) is 56.9 Å². The molecule has 24 heavy (non-hydrogen) atoms. The monoisotopic (exact) mass is 349 g/mol. The summed E-state index contributed by atoms with van der Waals surface area (Å²) < 4.78 is 5.19. The molecule has 4 nitrogen and oxygen atoms in total. The molecule has 3 rings (SSSR count). The lowest BCUT2D eigenvalue weighted by Crippen LogP contribution is -2.48. The van der Waals surface area contributed by atoms with E-state index in [2.05, 4.69) is 5.32 Å². The lowest BCUT2D eigenvalue weighted by atomic mass is 9.83. The molecule has 0 heterocycles. The summed E-state index contributed by atoms with van der Waals surface area (Å²) >= 11 is 5.95. The highest BCUT2D eigenvalue weighted by molar-refractivity contribution is 6.30. The van der Waals surface area contributed by atoms with Crippen molar-refractivity contribution in [2.75, 3.05) is 6.61 Å². The van der Waals surface area contributed by atoms with E-state index in [1.807, 2.05) is 31.2 Å². The largest absolute Gasteiger partial charge is 0.466 e. The molecule has 2 fully saturated rings. The fourth-order valence-corrected chi connectivity index (χ4v) is 3.81. The van der Waals surface area contributed by atoms with Gasteiger partial charge in [-0.3, -0.25) is 9.59 Å². The Balaban J connectivity index is 1.71. The molecule has 2 atom stereocenters. The average Bonchev–Trinajstić information content (AvgIpc) is 3.38. The number of amides is 1. The van der Waals surface area contributed by atoms with Gasteiger partial charge in [0.15, 0.2) is 0 Å². The Hall–Kier alpha value is -1.55. The molecule has 1 aromatic carbocycles. The van der Waals surface area contributed by atoms with Crippen LogP contribution in [0.25, 0.3) is 0 Å². The Kier molecular flexibility index (Phi) is 5.14. The Morgan fingerprint density at radius 2 is 1.88 bits per heavy atom. The van der Waals surface area contributed by atoms with Gasteiger partial charge in [-0.25, -0.2) is 0 Å². The molecule has 5 heteroatoms. The number of esters is 1. The first kappa shape index (κ1) is 17.3. The second kappa shape index (κ2) is 7.14. The van der Waals surface area contributed by atoms with Gasteiger partial charge >= 0.3 is 5.97 Å². The van der Waals surface area contributed by atoms with E-state index in [1.165, 1.54) is 0 Å². The Bertz CT molecular complexity index is 610. The predicted molar refractivity (Wildman–Crippen MR) is 92.9 cm³/mol. The van der Waals surface area contributed by atoms with Crippen LogP contribution in [0.4, 0.5) is 0 Å². The lowest BCUT2D eigenvalue weighted by molar-refractivity contribution is -0.150. The van der Waals surface area contributed by atoms with E-state index < -0.39 is 5.41 Å². The summed E-state index contributed by atoms with van der Waals surface area (Å²) in [7, 11) is 0. The van der Waals surface area contributed by atoms with Gasteiger partial charge in [0.05, 0.1) is 17.9 Å². The number of hydrogen-bond acceptors (Lipinski definition) is 3. The van der Waals surface area contributed by atoms with E-state index in [4.69, 9.17) is 16.3 Å². The van der Waals surface area contributed by atoms with Crippen LogP contribution in [0.2, 0.25) is 5.02 Å². The smallest absolute Gasteiger partial charge is 0.311 e. The SMILES string of the molecule is CCOC(=O)[C@H]1CCCCC1NC(=O)C1(c2ccc(Cl)cc2)CC1. The summed E-state index contributed by atoms with van der Waals surface area (Å²) in [5, 5.41) is 3.82. The number of benzene rings is 1. The molecule has 0 saturated heterocycles. The highest BCUT2D eigenvalue weighted by Crippen LogP contribution is 2.49. The minimum Gasteiger partial charge on any atom is -0.466 e. The first-order chi connectivity index (χ1) is 11.6. The molecular weight excluding hydrogens is 326 g/mol. The quantitative estimate of drug-likeness (QED) is 0.826. The van der Waals surface area contributed by atoms with Crippen LogP contribution in [0.3, 0.4) is 0 Å². The molecule has 1 amide bonds. The lowest BCUT2D eigenvalue weighted by Gasteiger charge is -2.32. The zero-order valence-corrected chi connectivity index (χ0v) is 14.8. The fourth-order valence-electron chi connectivity index (χ4n) is 3.68. The van der Waals surface area contributed by atoms with Gasteiger partial charge in [0.25, 0.3) is 0 Å². The molecule has 2 aliphatic carbocycles. The first-order valence-corrected chi connectivity index (χ1v) is 9.18. The van der Waals surface area contributed by atoms with Crippen LogP contribution in [0.5, 0.6) is 0 Å². The van der Waals surface area contributed by atoms with Crippen molar-refractivity contribution in [2.24, 2.45) is 5.92 Å². The van der Waals surface area contributed by atoms with Crippen LogP contribution in [0, 0.1) is 5.92 Å². The maximum atomic E-state index is 12.9. The number of halogens is 1. The summed E-state index contributed by atoms with van der Waals surface area (Å²) in [5.74, 6) is -0.367. The van der Waals surface area contributed by atoms with Gasteiger partial charge in [0, 0.05) is 11.1 Å². The third kappa shape index (κ3) is 3.44. The van der Waals surface area contributed by atoms with Crippen molar-refractivity contribution in [3.05, 3.63) is 34.9 Å². The van der Waals surface area contributed by atoms with E-state index in [1.54, 1.807) is 0 Å². The van der Waals surface area contributed by atoms with E-state index >= 15 is 0 Å². The summed E-state index contributed by atoms with van der Waals surface area (Å²) in [6.07, 6.45) is 5.37. The normalized spacial score (nSPS) is 24.9. The molecule has 130 valence electrons. The van der Waals surface area contributed by atoms with Gasteiger partial charge in [-0.1, -0.05) is 36.6 Å². The highest BCUT2D eigenvalue weighted by Gasteiger charge is 2.52. The van der Waals surface area contributed by atoms with Crippen molar-refractivity contribution in [3.8, 4) is 0 Å². The third-order valence-corrected chi connectivity index (χ3v) is 5.51. The van der Waals surface area contributed by atoms with Gasteiger partial charge in [-0.15, -0.1) is 0 Å². The van der Waals surface area contributed by atoms with Crippen molar-refractivity contribution >= 4 is 23.5 Å². The molecule has 2 saturated carbocycles. The van der Waals surface area contributed by atoms with Gasteiger partial charge < -0.3 is 10.1 Å². The maximum Gasteiger partial charge on any atom is 0.311 e. The van der Waals surface area contributed by atoms with Crippen LogP contribution in [-0.2, 0) is 19.7 Å². The number of carbonyl (C=O) groups is 2. The number of rotatable bonds is 5. The number of nitrogens with one attached hydrogen (secondary N) is 1. The standard InChI is InChI=1S/C19H24ClNO3/c1-2-24-17(22)15-5-3-4-6-16(15)21-18(23)19(11-12-19)13-7-9-14(20)10-8-13/h7-10,15-16H,2-6,11-12H2,1H3,(H,21,23)/t15-,16?/m0/s1. The zero-order chi connectivity index (χ0) is 17.2. The average molecular weight is 350 g/mol. The Morgan fingerprint density at radius 3 is 2.50 bits per heavy atom. The number of hydrogen-bond donors (Lipinski definition) is 1. The van der Waals surface area contributed by atoms with Gasteiger partial charge in [0.2, 0.25) is 5.91 Å². The van der Waals surface area contributed by atoms with Crippen LogP contribution >= 0.6 is 11.6 Å². The van der Waals surface area contributed by atoms with Gasteiger partial charge in [-0.2, -0.15) is 0 Å². The minimum absolute atomic E-state index is 0.0334. The summed E-state index contributed by atoms with van der Waals surface area (Å²) in [6, 6.07) is 7.39. The molecule has 0 bridgehead atoms. The highest BCUT2D eigenvalue weighted by atomic mass is 35.5. The number of carbonyl (C=O) groups excluding carboxylic acids is 2. The van der Waals surface area contributed by atoms with Gasteiger partial charge in [-0.05, 0) is 50.3 Å². The Morgan fingerprint density at radius 1 is 1.21 bits per heavy atom. The summed E-state index contributed by atoms with van der Waals surface area (Å²) in [5.41, 5.74) is 0.564. The van der Waals surface area contributed by atoms with Crippen LogP contribution in [0.1, 0.15) is 51.0 Å². The van der Waals surface area contributed by atoms with Crippen molar-refractivity contribution in [1.82, 2.24) is 5.32 Å². The topological polar surface area (TPSA) is 55.4 Å². The number of ether oxygens (including phenoxy) is 1. The predicted octanol–water partition coefficient (Wildman–Crippen LogP) is 3.61. The molecule has 1 N–H and O–H groups in total. The minimum atomic E-state index is -0.443. The van der Waals surface area contributed by atoms with Crippen LogP contribution < -0.4 is 5.32 Å². The van der Waals surface area contributed by atoms with Gasteiger partial charge in [0.1, 0.15) is 0 Å².